The quantitative estimate of drug-likeness (QED) is 0.437. The Morgan fingerprint density at radius 3 is 2.38 bits per heavy atom. The molecule has 16 heavy (non-hydrogen) atoms. The summed E-state index contributed by atoms with van der Waals surface area (Å²) in [4.78, 5) is 18.0. The Morgan fingerprint density at radius 2 is 1.75 bits per heavy atom. The second-order valence-electron chi connectivity index (χ2n) is 3.49. The largest absolute Gasteiger partial charge is 0.507 e. The monoisotopic (exact) mass is 239 g/mol. The van der Waals surface area contributed by atoms with Crippen LogP contribution in [0, 0.1) is 0 Å². The van der Waals surface area contributed by atoms with Crippen molar-refractivity contribution in [2.75, 3.05) is 5.73 Å². The highest BCUT2D eigenvalue weighted by atomic mass is 31.2. The van der Waals surface area contributed by atoms with E-state index in [4.69, 9.17) is 15.5 Å². The minimum Gasteiger partial charge on any atom is -0.507 e. The molecular formula is C10H10NO4P. The average molecular weight is 239 g/mol. The van der Waals surface area contributed by atoms with Crippen LogP contribution in [0.5, 0.6) is 5.75 Å². The molecule has 0 saturated carbocycles. The first-order valence-corrected chi connectivity index (χ1v) is 6.07. The van der Waals surface area contributed by atoms with Gasteiger partial charge in [0.1, 0.15) is 11.1 Å². The number of phenolic OH excluding ortho intramolecular Hbond substituents is 1. The van der Waals surface area contributed by atoms with Crippen LogP contribution in [0.15, 0.2) is 30.3 Å². The number of hydrogen-bond donors (Lipinski definition) is 4. The molecule has 0 amide bonds. The van der Waals surface area contributed by atoms with Crippen molar-refractivity contribution in [1.29, 1.82) is 0 Å². The van der Waals surface area contributed by atoms with Gasteiger partial charge in [0, 0.05) is 5.69 Å². The number of anilines is 1. The van der Waals surface area contributed by atoms with Crippen molar-refractivity contribution in [2.45, 2.75) is 0 Å². The molecule has 0 aliphatic heterocycles. The summed E-state index contributed by atoms with van der Waals surface area (Å²) < 4.78 is 11.1. The molecule has 2 aromatic rings. The molecule has 2 rings (SSSR count). The highest BCUT2D eigenvalue weighted by molar-refractivity contribution is 7.60. The van der Waals surface area contributed by atoms with Gasteiger partial charge in [-0.1, -0.05) is 6.07 Å². The number of aromatic hydroxyl groups is 1. The summed E-state index contributed by atoms with van der Waals surface area (Å²) >= 11 is 0. The van der Waals surface area contributed by atoms with E-state index in [0.29, 0.717) is 16.5 Å². The fourth-order valence-corrected chi connectivity index (χ4v) is 2.20. The molecule has 0 aliphatic rings. The molecule has 5 nitrogen and oxygen atoms in total. The van der Waals surface area contributed by atoms with E-state index in [1.165, 1.54) is 12.1 Å². The van der Waals surface area contributed by atoms with Gasteiger partial charge < -0.3 is 20.6 Å². The van der Waals surface area contributed by atoms with Crippen LogP contribution in [0.4, 0.5) is 5.69 Å². The lowest BCUT2D eigenvalue weighted by atomic mass is 10.1. The smallest absolute Gasteiger partial charge is 0.359 e. The Bertz CT molecular complexity index is 605. The molecule has 6 heteroatoms. The van der Waals surface area contributed by atoms with E-state index >= 15 is 0 Å². The van der Waals surface area contributed by atoms with Crippen LogP contribution in [0.1, 0.15) is 0 Å². The van der Waals surface area contributed by atoms with E-state index in [-0.39, 0.29) is 5.30 Å². The van der Waals surface area contributed by atoms with Crippen LogP contribution in [-0.2, 0) is 4.57 Å². The topological polar surface area (TPSA) is 104 Å². The standard InChI is InChI=1S/C10H10NO4P/c11-8-2-1-6-4-9(12)10(16(13,14)15)5-7(6)3-8/h1-5,12H,11H2,(H2,13,14,15). The second-order valence-corrected chi connectivity index (χ2v) is 5.06. The van der Waals surface area contributed by atoms with E-state index in [9.17, 15) is 9.67 Å². The van der Waals surface area contributed by atoms with E-state index in [0.717, 1.165) is 0 Å². The maximum absolute atomic E-state index is 11.1. The molecule has 0 unspecified atom stereocenters. The fourth-order valence-electron chi connectivity index (χ4n) is 1.53. The molecule has 0 saturated heterocycles. The minimum atomic E-state index is -4.47. The predicted molar refractivity (Wildman–Crippen MR) is 61.7 cm³/mol. The molecular weight excluding hydrogens is 229 g/mol. The molecule has 0 aliphatic carbocycles. The Morgan fingerprint density at radius 1 is 1.06 bits per heavy atom. The zero-order chi connectivity index (χ0) is 11.9. The molecule has 0 radical (unpaired) electrons. The number of benzene rings is 2. The summed E-state index contributed by atoms with van der Waals surface area (Å²) in [7, 11) is -4.47. The van der Waals surface area contributed by atoms with Crippen LogP contribution in [-0.4, -0.2) is 14.9 Å². The maximum atomic E-state index is 11.1. The number of nitrogen functional groups attached to an aromatic ring is 1. The molecule has 0 bridgehead atoms. The lowest BCUT2D eigenvalue weighted by molar-refractivity contribution is 0.384. The fraction of sp³-hybridized carbons (Fsp3) is 0. The number of nitrogens with two attached hydrogens (primary N) is 1. The van der Waals surface area contributed by atoms with E-state index < -0.39 is 13.3 Å². The van der Waals surface area contributed by atoms with Gasteiger partial charge in [0.15, 0.2) is 0 Å². The first kappa shape index (κ1) is 11.0. The Kier molecular flexibility index (Phi) is 2.39. The van der Waals surface area contributed by atoms with Crippen molar-refractivity contribution in [1.82, 2.24) is 0 Å². The van der Waals surface area contributed by atoms with Gasteiger partial charge in [-0.05, 0) is 35.0 Å². The van der Waals surface area contributed by atoms with Gasteiger partial charge in [-0.3, -0.25) is 4.57 Å². The third-order valence-electron chi connectivity index (χ3n) is 2.27. The van der Waals surface area contributed by atoms with Gasteiger partial charge in [-0.2, -0.15) is 0 Å². The second kappa shape index (κ2) is 3.49. The van der Waals surface area contributed by atoms with Crippen molar-refractivity contribution in [2.24, 2.45) is 0 Å². The predicted octanol–water partition coefficient (Wildman–Crippen LogP) is 0.931. The van der Waals surface area contributed by atoms with Crippen molar-refractivity contribution in [3.63, 3.8) is 0 Å². The number of phenols is 1. The zero-order valence-electron chi connectivity index (χ0n) is 8.16. The van der Waals surface area contributed by atoms with Crippen molar-refractivity contribution in [3.8, 4) is 5.75 Å². The molecule has 5 N–H and O–H groups in total. The minimum absolute atomic E-state index is 0.384. The zero-order valence-corrected chi connectivity index (χ0v) is 9.06. The van der Waals surface area contributed by atoms with Gasteiger partial charge in [-0.25, -0.2) is 0 Å². The van der Waals surface area contributed by atoms with E-state index in [1.54, 1.807) is 18.2 Å². The summed E-state index contributed by atoms with van der Waals surface area (Å²) in [6.45, 7) is 0. The third kappa shape index (κ3) is 1.88. The van der Waals surface area contributed by atoms with Gasteiger partial charge in [-0.15, -0.1) is 0 Å². The van der Waals surface area contributed by atoms with Gasteiger partial charge in [0.05, 0.1) is 0 Å². The Hall–Kier alpha value is -1.55. The maximum Gasteiger partial charge on any atom is 0.359 e. The lowest BCUT2D eigenvalue weighted by Gasteiger charge is -2.08. The summed E-state index contributed by atoms with van der Waals surface area (Å²) in [6.07, 6.45) is 0. The van der Waals surface area contributed by atoms with Crippen molar-refractivity contribution < 1.29 is 19.5 Å². The van der Waals surface area contributed by atoms with Crippen LogP contribution in [0.3, 0.4) is 0 Å². The summed E-state index contributed by atoms with van der Waals surface area (Å²) in [5.41, 5.74) is 6.06. The normalized spacial score (nSPS) is 11.9. The van der Waals surface area contributed by atoms with Gasteiger partial charge in [0.2, 0.25) is 0 Å². The summed E-state index contributed by atoms with van der Waals surface area (Å²) in [5, 5.41) is 10.4. The van der Waals surface area contributed by atoms with Crippen molar-refractivity contribution >= 4 is 29.4 Å². The van der Waals surface area contributed by atoms with Crippen LogP contribution < -0.4 is 11.0 Å². The first-order valence-electron chi connectivity index (χ1n) is 4.46. The molecule has 0 spiro atoms. The SMILES string of the molecule is Nc1ccc2cc(O)c(P(=O)(O)O)cc2c1. The molecule has 0 heterocycles. The molecule has 0 fully saturated rings. The summed E-state index contributed by atoms with van der Waals surface area (Å²) in [6, 6.07) is 7.48. The highest BCUT2D eigenvalue weighted by Gasteiger charge is 2.22. The first-order chi connectivity index (χ1) is 7.38. The van der Waals surface area contributed by atoms with Gasteiger partial charge >= 0.3 is 7.60 Å². The molecule has 0 atom stereocenters. The molecule has 0 aromatic heterocycles. The van der Waals surface area contributed by atoms with E-state index in [1.807, 2.05) is 0 Å². The number of fused-ring (bicyclic) bond motifs is 1. The van der Waals surface area contributed by atoms with E-state index in [2.05, 4.69) is 0 Å². The summed E-state index contributed by atoms with van der Waals surface area (Å²) in [5.74, 6) is -0.411. The third-order valence-corrected chi connectivity index (χ3v) is 3.26. The number of rotatable bonds is 1. The average Bonchev–Trinajstić information content (AvgIpc) is 2.16. The van der Waals surface area contributed by atoms with Crippen LogP contribution >= 0.6 is 7.60 Å². The van der Waals surface area contributed by atoms with Gasteiger partial charge in [0.25, 0.3) is 0 Å². The molecule has 84 valence electrons. The number of hydrogen-bond acceptors (Lipinski definition) is 3. The van der Waals surface area contributed by atoms with Crippen molar-refractivity contribution in [3.05, 3.63) is 30.3 Å². The lowest BCUT2D eigenvalue weighted by Crippen LogP contribution is -2.04. The van der Waals surface area contributed by atoms with Crippen LogP contribution in [0.2, 0.25) is 0 Å². The highest BCUT2D eigenvalue weighted by Crippen LogP contribution is 2.38. The van der Waals surface area contributed by atoms with Crippen LogP contribution in [0.25, 0.3) is 10.8 Å². The Labute approximate surface area is 91.3 Å². The Balaban J connectivity index is 2.79. The molecule has 2 aromatic carbocycles.